The van der Waals surface area contributed by atoms with Crippen LogP contribution in [0.5, 0.6) is 0 Å². The molecule has 2 N–H and O–H groups in total. The largest absolute Gasteiger partial charge is 0.468 e. The van der Waals surface area contributed by atoms with E-state index in [1.54, 1.807) is 6.26 Å². The van der Waals surface area contributed by atoms with Gasteiger partial charge in [-0.3, -0.25) is 0 Å². The highest BCUT2D eigenvalue weighted by molar-refractivity contribution is 5.02. The predicted octanol–water partition coefficient (Wildman–Crippen LogP) is 0.853. The Kier molecular flexibility index (Phi) is 4.81. The van der Waals surface area contributed by atoms with Gasteiger partial charge in [0.05, 0.1) is 18.4 Å². The summed E-state index contributed by atoms with van der Waals surface area (Å²) in [6, 6.07) is 3.93. The van der Waals surface area contributed by atoms with Crippen molar-refractivity contribution in [3.8, 4) is 0 Å². The SMILES string of the molecule is C[C@H](NCC(O)CN(C)C)c1ccco1. The summed E-state index contributed by atoms with van der Waals surface area (Å²) in [5, 5.41) is 12.9. The van der Waals surface area contributed by atoms with Crippen molar-refractivity contribution in [3.05, 3.63) is 24.2 Å². The molecular weight excluding hydrogens is 192 g/mol. The van der Waals surface area contributed by atoms with E-state index in [2.05, 4.69) is 5.32 Å². The zero-order valence-electron chi connectivity index (χ0n) is 9.60. The van der Waals surface area contributed by atoms with Gasteiger partial charge in [0.25, 0.3) is 0 Å². The maximum Gasteiger partial charge on any atom is 0.120 e. The van der Waals surface area contributed by atoms with Crippen LogP contribution in [0.3, 0.4) is 0 Å². The quantitative estimate of drug-likeness (QED) is 0.734. The third-order valence-electron chi connectivity index (χ3n) is 2.21. The summed E-state index contributed by atoms with van der Waals surface area (Å²) in [5.41, 5.74) is 0. The molecular formula is C11H20N2O2. The van der Waals surface area contributed by atoms with Crippen LogP contribution in [0.2, 0.25) is 0 Å². The fourth-order valence-electron chi connectivity index (χ4n) is 1.44. The topological polar surface area (TPSA) is 48.6 Å². The van der Waals surface area contributed by atoms with Gasteiger partial charge in [-0.05, 0) is 33.2 Å². The van der Waals surface area contributed by atoms with E-state index in [-0.39, 0.29) is 12.1 Å². The Bertz CT molecular complexity index is 260. The lowest BCUT2D eigenvalue weighted by Gasteiger charge is -2.18. The minimum absolute atomic E-state index is 0.136. The van der Waals surface area contributed by atoms with Crippen LogP contribution in [-0.4, -0.2) is 43.3 Å². The molecule has 4 heteroatoms. The molecule has 0 amide bonds. The summed E-state index contributed by atoms with van der Waals surface area (Å²) < 4.78 is 5.25. The van der Waals surface area contributed by atoms with Gasteiger partial charge in [-0.1, -0.05) is 0 Å². The molecule has 1 rings (SSSR count). The zero-order chi connectivity index (χ0) is 11.3. The monoisotopic (exact) mass is 212 g/mol. The molecule has 0 aliphatic rings. The number of nitrogens with one attached hydrogen (secondary N) is 1. The minimum atomic E-state index is -0.350. The summed E-state index contributed by atoms with van der Waals surface area (Å²) in [4.78, 5) is 1.96. The van der Waals surface area contributed by atoms with Crippen molar-refractivity contribution in [2.75, 3.05) is 27.2 Å². The van der Waals surface area contributed by atoms with E-state index in [1.165, 1.54) is 0 Å². The van der Waals surface area contributed by atoms with Crippen molar-refractivity contribution in [1.29, 1.82) is 0 Å². The van der Waals surface area contributed by atoms with Crippen LogP contribution in [0.15, 0.2) is 22.8 Å². The van der Waals surface area contributed by atoms with Crippen LogP contribution >= 0.6 is 0 Å². The van der Waals surface area contributed by atoms with Gasteiger partial charge in [0.2, 0.25) is 0 Å². The smallest absolute Gasteiger partial charge is 0.120 e. The highest BCUT2D eigenvalue weighted by Gasteiger charge is 2.10. The van der Waals surface area contributed by atoms with Crippen molar-refractivity contribution < 1.29 is 9.52 Å². The lowest BCUT2D eigenvalue weighted by Crippen LogP contribution is -2.35. The Morgan fingerprint density at radius 1 is 1.53 bits per heavy atom. The number of aliphatic hydroxyl groups is 1. The van der Waals surface area contributed by atoms with Gasteiger partial charge in [-0.15, -0.1) is 0 Å². The van der Waals surface area contributed by atoms with Gasteiger partial charge in [0, 0.05) is 13.1 Å². The van der Waals surface area contributed by atoms with Crippen molar-refractivity contribution in [2.24, 2.45) is 0 Å². The Labute approximate surface area is 90.9 Å². The molecule has 1 unspecified atom stereocenters. The molecule has 86 valence electrons. The molecule has 1 aromatic rings. The normalized spacial score (nSPS) is 15.5. The molecule has 0 spiro atoms. The van der Waals surface area contributed by atoms with Crippen LogP contribution in [0.25, 0.3) is 0 Å². The number of hydrogen-bond donors (Lipinski definition) is 2. The molecule has 15 heavy (non-hydrogen) atoms. The number of nitrogens with zero attached hydrogens (tertiary/aromatic N) is 1. The van der Waals surface area contributed by atoms with E-state index >= 15 is 0 Å². The van der Waals surface area contributed by atoms with E-state index in [0.717, 1.165) is 5.76 Å². The first-order valence-corrected chi connectivity index (χ1v) is 5.19. The van der Waals surface area contributed by atoms with Crippen LogP contribution < -0.4 is 5.32 Å². The molecule has 1 heterocycles. The minimum Gasteiger partial charge on any atom is -0.468 e. The van der Waals surface area contributed by atoms with Gasteiger partial charge in [-0.2, -0.15) is 0 Å². The molecule has 0 aromatic carbocycles. The highest BCUT2D eigenvalue weighted by Crippen LogP contribution is 2.11. The summed E-state index contributed by atoms with van der Waals surface area (Å²) in [7, 11) is 3.89. The lowest BCUT2D eigenvalue weighted by molar-refractivity contribution is 0.131. The molecule has 0 aliphatic heterocycles. The average Bonchev–Trinajstić information content (AvgIpc) is 2.65. The zero-order valence-corrected chi connectivity index (χ0v) is 9.60. The van der Waals surface area contributed by atoms with Crippen molar-refractivity contribution in [3.63, 3.8) is 0 Å². The summed E-state index contributed by atoms with van der Waals surface area (Å²) in [6.45, 7) is 3.25. The third kappa shape index (κ3) is 4.46. The molecule has 0 radical (unpaired) electrons. The summed E-state index contributed by atoms with van der Waals surface area (Å²) in [5.74, 6) is 0.895. The number of rotatable bonds is 6. The van der Waals surface area contributed by atoms with E-state index in [1.807, 2.05) is 38.1 Å². The Hall–Kier alpha value is -0.840. The number of hydrogen-bond acceptors (Lipinski definition) is 4. The fourth-order valence-corrected chi connectivity index (χ4v) is 1.44. The number of likely N-dealkylation sites (N-methyl/N-ethyl adjacent to an activating group) is 1. The van der Waals surface area contributed by atoms with Gasteiger partial charge in [-0.25, -0.2) is 0 Å². The number of aliphatic hydroxyl groups excluding tert-OH is 1. The molecule has 0 fully saturated rings. The van der Waals surface area contributed by atoms with E-state index in [9.17, 15) is 5.11 Å². The molecule has 4 nitrogen and oxygen atoms in total. The molecule has 2 atom stereocenters. The fraction of sp³-hybridized carbons (Fsp3) is 0.636. The van der Waals surface area contributed by atoms with Crippen molar-refractivity contribution in [1.82, 2.24) is 10.2 Å². The van der Waals surface area contributed by atoms with Gasteiger partial charge >= 0.3 is 0 Å². The summed E-state index contributed by atoms with van der Waals surface area (Å²) in [6.07, 6.45) is 1.31. The second-order valence-electron chi connectivity index (χ2n) is 4.06. The van der Waals surface area contributed by atoms with Crippen LogP contribution in [0.4, 0.5) is 0 Å². The molecule has 0 saturated carbocycles. The standard InChI is InChI=1S/C11H20N2O2/c1-9(11-5-4-6-15-11)12-7-10(14)8-13(2)3/h4-6,9-10,12,14H,7-8H2,1-3H3/t9-,10?/m0/s1. The molecule has 0 bridgehead atoms. The second kappa shape index (κ2) is 5.90. The molecule has 0 aliphatic carbocycles. The van der Waals surface area contributed by atoms with E-state index in [4.69, 9.17) is 4.42 Å². The van der Waals surface area contributed by atoms with Crippen molar-refractivity contribution in [2.45, 2.75) is 19.1 Å². The lowest BCUT2D eigenvalue weighted by atomic mass is 10.2. The Morgan fingerprint density at radius 2 is 2.27 bits per heavy atom. The molecule has 1 aromatic heterocycles. The molecule has 0 saturated heterocycles. The number of furan rings is 1. The van der Waals surface area contributed by atoms with Gasteiger partial charge in [0.1, 0.15) is 5.76 Å². The highest BCUT2D eigenvalue weighted by atomic mass is 16.3. The van der Waals surface area contributed by atoms with Gasteiger partial charge in [0.15, 0.2) is 0 Å². The second-order valence-corrected chi connectivity index (χ2v) is 4.06. The predicted molar refractivity (Wildman–Crippen MR) is 59.7 cm³/mol. The first-order valence-electron chi connectivity index (χ1n) is 5.19. The van der Waals surface area contributed by atoms with Crippen molar-refractivity contribution >= 4 is 0 Å². The first-order chi connectivity index (χ1) is 7.09. The Balaban J connectivity index is 2.25. The third-order valence-corrected chi connectivity index (χ3v) is 2.21. The maximum absolute atomic E-state index is 9.63. The van der Waals surface area contributed by atoms with Crippen LogP contribution in [-0.2, 0) is 0 Å². The van der Waals surface area contributed by atoms with E-state index in [0.29, 0.717) is 13.1 Å². The van der Waals surface area contributed by atoms with Gasteiger partial charge < -0.3 is 19.7 Å². The maximum atomic E-state index is 9.63. The average molecular weight is 212 g/mol. The van der Waals surface area contributed by atoms with Crippen LogP contribution in [0, 0.1) is 0 Å². The first kappa shape index (κ1) is 12.2. The van der Waals surface area contributed by atoms with Crippen LogP contribution in [0.1, 0.15) is 18.7 Å². The summed E-state index contributed by atoms with van der Waals surface area (Å²) >= 11 is 0. The van der Waals surface area contributed by atoms with E-state index < -0.39 is 0 Å². The Morgan fingerprint density at radius 3 is 2.80 bits per heavy atom.